The number of nitrogens with zero attached hydrogens (tertiary/aromatic N) is 1. The normalized spacial score (nSPS) is 10.9. The number of carboxylic acids is 1. The SMILES string of the molecule is COc1cc(C=Nc2ccc(C)c(C)c2)cc(I)c1OCc1ccc(C(=O)O)cc1. The molecule has 0 atom stereocenters. The number of aromatic carboxylic acids is 1. The van der Waals surface area contributed by atoms with E-state index in [1.807, 2.05) is 24.4 Å². The predicted molar refractivity (Wildman–Crippen MR) is 127 cm³/mol. The summed E-state index contributed by atoms with van der Waals surface area (Å²) in [6.07, 6.45) is 1.81. The average Bonchev–Trinajstić information content (AvgIpc) is 2.73. The summed E-state index contributed by atoms with van der Waals surface area (Å²) in [6.45, 7) is 4.46. The number of hydrogen-bond acceptors (Lipinski definition) is 4. The molecule has 0 unspecified atom stereocenters. The zero-order valence-electron chi connectivity index (χ0n) is 17.0. The molecule has 30 heavy (non-hydrogen) atoms. The zero-order valence-corrected chi connectivity index (χ0v) is 19.1. The molecule has 5 nitrogen and oxygen atoms in total. The largest absolute Gasteiger partial charge is 0.493 e. The van der Waals surface area contributed by atoms with Gasteiger partial charge in [-0.1, -0.05) is 18.2 Å². The first-order valence-corrected chi connectivity index (χ1v) is 10.4. The van der Waals surface area contributed by atoms with Crippen LogP contribution in [0.5, 0.6) is 11.5 Å². The molecule has 3 rings (SSSR count). The van der Waals surface area contributed by atoms with Gasteiger partial charge in [0.2, 0.25) is 0 Å². The molecule has 0 bridgehead atoms. The van der Waals surface area contributed by atoms with Gasteiger partial charge in [-0.05, 0) is 95.1 Å². The van der Waals surface area contributed by atoms with Crippen molar-refractivity contribution in [2.45, 2.75) is 20.5 Å². The molecule has 0 radical (unpaired) electrons. The molecule has 0 aliphatic rings. The van der Waals surface area contributed by atoms with Crippen LogP contribution in [0.25, 0.3) is 0 Å². The van der Waals surface area contributed by atoms with E-state index in [9.17, 15) is 4.79 Å². The van der Waals surface area contributed by atoms with Crippen molar-refractivity contribution < 1.29 is 19.4 Å². The quantitative estimate of drug-likeness (QED) is 0.312. The lowest BCUT2D eigenvalue weighted by molar-refractivity contribution is 0.0697. The summed E-state index contributed by atoms with van der Waals surface area (Å²) in [6, 6.07) is 16.6. The zero-order chi connectivity index (χ0) is 21.7. The smallest absolute Gasteiger partial charge is 0.335 e. The van der Waals surface area contributed by atoms with Gasteiger partial charge in [-0.2, -0.15) is 0 Å². The first kappa shape index (κ1) is 21.8. The first-order chi connectivity index (χ1) is 14.4. The predicted octanol–water partition coefficient (Wildman–Crippen LogP) is 5.94. The molecule has 0 aliphatic heterocycles. The minimum absolute atomic E-state index is 0.248. The van der Waals surface area contributed by atoms with E-state index in [1.165, 1.54) is 11.1 Å². The second kappa shape index (κ2) is 9.75. The first-order valence-electron chi connectivity index (χ1n) is 9.31. The minimum atomic E-state index is -0.947. The Kier molecular flexibility index (Phi) is 7.10. The number of aliphatic imine (C=N–C) groups is 1. The van der Waals surface area contributed by atoms with Gasteiger partial charge in [0.15, 0.2) is 11.5 Å². The van der Waals surface area contributed by atoms with E-state index in [0.717, 1.165) is 20.4 Å². The molecular weight excluding hydrogens is 493 g/mol. The third kappa shape index (κ3) is 5.38. The maximum Gasteiger partial charge on any atom is 0.335 e. The summed E-state index contributed by atoms with van der Waals surface area (Å²) in [5.74, 6) is 0.311. The number of halogens is 1. The van der Waals surface area contributed by atoms with Crippen LogP contribution in [0.2, 0.25) is 0 Å². The molecule has 0 fully saturated rings. The molecule has 6 heteroatoms. The fourth-order valence-electron chi connectivity index (χ4n) is 2.81. The van der Waals surface area contributed by atoms with E-state index in [0.29, 0.717) is 18.1 Å². The Labute approximate surface area is 189 Å². The van der Waals surface area contributed by atoms with E-state index >= 15 is 0 Å². The van der Waals surface area contributed by atoms with Crippen LogP contribution >= 0.6 is 22.6 Å². The summed E-state index contributed by atoms with van der Waals surface area (Å²) >= 11 is 2.21. The van der Waals surface area contributed by atoms with Crippen molar-refractivity contribution in [1.82, 2.24) is 0 Å². The third-order valence-electron chi connectivity index (χ3n) is 4.69. The maximum absolute atomic E-state index is 11.0. The summed E-state index contributed by atoms with van der Waals surface area (Å²) in [4.78, 5) is 15.5. The lowest BCUT2D eigenvalue weighted by atomic mass is 10.1. The van der Waals surface area contributed by atoms with E-state index in [-0.39, 0.29) is 5.56 Å². The van der Waals surface area contributed by atoms with Crippen molar-refractivity contribution >= 4 is 40.5 Å². The van der Waals surface area contributed by atoms with E-state index < -0.39 is 5.97 Å². The van der Waals surface area contributed by atoms with Gasteiger partial charge in [0.1, 0.15) is 6.61 Å². The molecule has 0 aromatic heterocycles. The number of aryl methyl sites for hydroxylation is 2. The Morgan fingerprint density at radius 2 is 1.80 bits per heavy atom. The Morgan fingerprint density at radius 1 is 1.07 bits per heavy atom. The molecule has 1 N–H and O–H groups in total. The molecular formula is C24H22INO4. The molecule has 3 aromatic rings. The van der Waals surface area contributed by atoms with Crippen LogP contribution in [0.4, 0.5) is 5.69 Å². The number of hydrogen-bond donors (Lipinski definition) is 1. The molecule has 0 spiro atoms. The fraction of sp³-hybridized carbons (Fsp3) is 0.167. The second-order valence-corrected chi connectivity index (χ2v) is 8.01. The third-order valence-corrected chi connectivity index (χ3v) is 5.49. The summed E-state index contributed by atoms with van der Waals surface area (Å²) in [5.41, 5.74) is 5.38. The van der Waals surface area contributed by atoms with Crippen LogP contribution in [-0.4, -0.2) is 24.4 Å². The van der Waals surface area contributed by atoms with Crippen molar-refractivity contribution in [3.8, 4) is 11.5 Å². The van der Waals surface area contributed by atoms with Crippen LogP contribution in [-0.2, 0) is 6.61 Å². The summed E-state index contributed by atoms with van der Waals surface area (Å²) in [5, 5.41) is 9.00. The fourth-order valence-corrected chi connectivity index (χ4v) is 3.59. The average molecular weight is 515 g/mol. The number of methoxy groups -OCH3 is 1. The highest BCUT2D eigenvalue weighted by atomic mass is 127. The van der Waals surface area contributed by atoms with Crippen LogP contribution < -0.4 is 9.47 Å². The number of ether oxygens (including phenoxy) is 2. The van der Waals surface area contributed by atoms with Gasteiger partial charge in [0.25, 0.3) is 0 Å². The topological polar surface area (TPSA) is 68.1 Å². The Bertz CT molecular complexity index is 1090. The number of rotatable bonds is 7. The maximum atomic E-state index is 11.0. The molecule has 0 amide bonds. The van der Waals surface area contributed by atoms with Crippen LogP contribution in [0.15, 0.2) is 59.6 Å². The van der Waals surface area contributed by atoms with E-state index in [1.54, 1.807) is 31.4 Å². The van der Waals surface area contributed by atoms with Crippen molar-refractivity contribution in [2.75, 3.05) is 7.11 Å². The van der Waals surface area contributed by atoms with Gasteiger partial charge in [-0.15, -0.1) is 0 Å². The van der Waals surface area contributed by atoms with E-state index in [4.69, 9.17) is 14.6 Å². The summed E-state index contributed by atoms with van der Waals surface area (Å²) < 4.78 is 12.4. The number of carbonyl (C=O) groups is 1. The Morgan fingerprint density at radius 3 is 2.43 bits per heavy atom. The highest BCUT2D eigenvalue weighted by Crippen LogP contribution is 2.34. The highest BCUT2D eigenvalue weighted by molar-refractivity contribution is 14.1. The van der Waals surface area contributed by atoms with Gasteiger partial charge >= 0.3 is 5.97 Å². The monoisotopic (exact) mass is 515 g/mol. The van der Waals surface area contributed by atoms with Crippen molar-refractivity contribution in [3.63, 3.8) is 0 Å². The van der Waals surface area contributed by atoms with Gasteiger partial charge in [-0.3, -0.25) is 4.99 Å². The number of benzene rings is 3. The molecule has 3 aromatic carbocycles. The van der Waals surface area contributed by atoms with Gasteiger partial charge in [-0.25, -0.2) is 4.79 Å². The highest BCUT2D eigenvalue weighted by Gasteiger charge is 2.12. The Balaban J connectivity index is 1.77. The van der Waals surface area contributed by atoms with Crippen molar-refractivity contribution in [2.24, 2.45) is 4.99 Å². The minimum Gasteiger partial charge on any atom is -0.493 e. The second-order valence-electron chi connectivity index (χ2n) is 6.85. The van der Waals surface area contributed by atoms with Crippen LogP contribution in [0.3, 0.4) is 0 Å². The van der Waals surface area contributed by atoms with Gasteiger partial charge in [0, 0.05) is 6.21 Å². The van der Waals surface area contributed by atoms with Gasteiger partial charge in [0.05, 0.1) is 21.9 Å². The van der Waals surface area contributed by atoms with Crippen LogP contribution in [0, 0.1) is 17.4 Å². The lowest BCUT2D eigenvalue weighted by Crippen LogP contribution is -2.02. The van der Waals surface area contributed by atoms with Crippen molar-refractivity contribution in [3.05, 3.63) is 86.0 Å². The standard InChI is InChI=1S/C24H22INO4/c1-15-4-9-20(10-16(15)2)26-13-18-11-21(25)23(22(12-18)29-3)30-14-17-5-7-19(8-6-17)24(27)28/h4-13H,14H2,1-3H3,(H,27,28). The lowest BCUT2D eigenvalue weighted by Gasteiger charge is -2.13. The van der Waals surface area contributed by atoms with Crippen LogP contribution in [0.1, 0.15) is 32.6 Å². The molecule has 0 aliphatic carbocycles. The van der Waals surface area contributed by atoms with E-state index in [2.05, 4.69) is 53.6 Å². The molecule has 154 valence electrons. The van der Waals surface area contributed by atoms with Gasteiger partial charge < -0.3 is 14.6 Å². The Hall–Kier alpha value is -2.87. The summed E-state index contributed by atoms with van der Waals surface area (Å²) in [7, 11) is 1.60. The molecule has 0 saturated heterocycles. The van der Waals surface area contributed by atoms with Crippen molar-refractivity contribution in [1.29, 1.82) is 0 Å². The molecule has 0 heterocycles. The number of carboxylic acid groups (broad SMARTS) is 1. The molecule has 0 saturated carbocycles.